The van der Waals surface area contributed by atoms with Crippen LogP contribution >= 0.6 is 11.6 Å². The number of amides is 1. The highest BCUT2D eigenvalue weighted by molar-refractivity contribution is 6.31. The molecule has 134 valence electrons. The summed E-state index contributed by atoms with van der Waals surface area (Å²) in [5, 5.41) is 3.55. The summed E-state index contributed by atoms with van der Waals surface area (Å²) in [6, 6.07) is 18.7. The lowest BCUT2D eigenvalue weighted by Gasteiger charge is -2.10. The second-order valence-electron chi connectivity index (χ2n) is 6.16. The van der Waals surface area contributed by atoms with Gasteiger partial charge in [0.2, 0.25) is 0 Å². The van der Waals surface area contributed by atoms with E-state index >= 15 is 0 Å². The van der Waals surface area contributed by atoms with Gasteiger partial charge in [-0.2, -0.15) is 0 Å². The molecule has 0 saturated heterocycles. The van der Waals surface area contributed by atoms with Crippen molar-refractivity contribution in [2.45, 2.75) is 13.5 Å². The number of benzene rings is 2. The van der Waals surface area contributed by atoms with E-state index in [1.165, 1.54) is 0 Å². The maximum absolute atomic E-state index is 12.6. The lowest BCUT2D eigenvalue weighted by atomic mass is 10.1. The lowest BCUT2D eigenvalue weighted by molar-refractivity contribution is 0.0951. The van der Waals surface area contributed by atoms with Crippen molar-refractivity contribution < 1.29 is 4.79 Å². The van der Waals surface area contributed by atoms with E-state index in [1.807, 2.05) is 66.1 Å². The number of rotatable bonds is 4. The Morgan fingerprint density at radius 1 is 1.11 bits per heavy atom. The smallest absolute Gasteiger partial charge is 0.251 e. The van der Waals surface area contributed by atoms with Crippen molar-refractivity contribution in [1.82, 2.24) is 19.9 Å². The zero-order valence-electron chi connectivity index (χ0n) is 14.7. The number of fused-ring (bicyclic) bond motifs is 1. The van der Waals surface area contributed by atoms with Gasteiger partial charge in [0.25, 0.3) is 5.91 Å². The second-order valence-corrected chi connectivity index (χ2v) is 6.57. The Bertz CT molecular complexity index is 1140. The highest BCUT2D eigenvalue weighted by atomic mass is 35.5. The van der Waals surface area contributed by atoms with Gasteiger partial charge in [-0.1, -0.05) is 35.9 Å². The minimum atomic E-state index is -0.160. The van der Waals surface area contributed by atoms with Crippen LogP contribution in [0.2, 0.25) is 5.02 Å². The van der Waals surface area contributed by atoms with Gasteiger partial charge in [-0.25, -0.2) is 9.97 Å². The molecule has 0 unspecified atom stereocenters. The molecule has 6 heteroatoms. The fourth-order valence-electron chi connectivity index (χ4n) is 3.04. The number of nitrogens with zero attached hydrogens (tertiary/aromatic N) is 3. The molecule has 0 atom stereocenters. The van der Waals surface area contributed by atoms with Gasteiger partial charge < -0.3 is 5.32 Å². The molecule has 4 aromatic rings. The molecule has 0 radical (unpaired) electrons. The fourth-order valence-corrected chi connectivity index (χ4v) is 3.24. The largest absolute Gasteiger partial charge is 0.348 e. The lowest BCUT2D eigenvalue weighted by Crippen LogP contribution is -2.23. The highest BCUT2D eigenvalue weighted by Gasteiger charge is 2.12. The summed E-state index contributed by atoms with van der Waals surface area (Å²) in [6.45, 7) is 2.29. The van der Waals surface area contributed by atoms with Crippen molar-refractivity contribution in [3.8, 4) is 5.69 Å². The average molecular weight is 377 g/mol. The number of halogens is 1. The third kappa shape index (κ3) is 3.41. The topological polar surface area (TPSA) is 59.8 Å². The van der Waals surface area contributed by atoms with Crippen molar-refractivity contribution in [2.75, 3.05) is 0 Å². The van der Waals surface area contributed by atoms with Crippen LogP contribution in [0.3, 0.4) is 0 Å². The summed E-state index contributed by atoms with van der Waals surface area (Å²) in [5.74, 6) is 0.657. The van der Waals surface area contributed by atoms with Crippen molar-refractivity contribution in [2.24, 2.45) is 0 Å². The zero-order valence-corrected chi connectivity index (χ0v) is 15.4. The molecule has 0 spiro atoms. The maximum atomic E-state index is 12.6. The standard InChI is InChI=1S/C21H17ClN4O/c1-14-25-19-10-5-11-23-20(19)26(14)17-8-4-7-15(12-17)21(27)24-13-16-6-2-3-9-18(16)22/h2-12H,13H2,1H3,(H,24,27). The summed E-state index contributed by atoms with van der Waals surface area (Å²) in [7, 11) is 0. The van der Waals surface area contributed by atoms with E-state index in [1.54, 1.807) is 12.3 Å². The minimum Gasteiger partial charge on any atom is -0.348 e. The van der Waals surface area contributed by atoms with Crippen LogP contribution in [0.4, 0.5) is 0 Å². The fraction of sp³-hybridized carbons (Fsp3) is 0.0952. The first-order valence-corrected chi connectivity index (χ1v) is 8.93. The van der Waals surface area contributed by atoms with Crippen LogP contribution in [0.1, 0.15) is 21.7 Å². The molecule has 0 fully saturated rings. The Morgan fingerprint density at radius 2 is 1.96 bits per heavy atom. The minimum absolute atomic E-state index is 0.160. The molecule has 5 nitrogen and oxygen atoms in total. The highest BCUT2D eigenvalue weighted by Crippen LogP contribution is 2.20. The number of carbonyl (C=O) groups is 1. The number of aryl methyl sites for hydroxylation is 1. The molecule has 1 N–H and O–H groups in total. The molecule has 0 saturated carbocycles. The van der Waals surface area contributed by atoms with Crippen molar-refractivity contribution in [1.29, 1.82) is 0 Å². The molecule has 0 aliphatic rings. The Labute approximate surface area is 161 Å². The van der Waals surface area contributed by atoms with E-state index in [-0.39, 0.29) is 5.91 Å². The molecular formula is C21H17ClN4O. The van der Waals surface area contributed by atoms with E-state index in [4.69, 9.17) is 11.6 Å². The van der Waals surface area contributed by atoms with Gasteiger partial charge in [0.15, 0.2) is 5.65 Å². The van der Waals surface area contributed by atoms with E-state index in [0.717, 1.165) is 28.2 Å². The Morgan fingerprint density at radius 3 is 2.81 bits per heavy atom. The van der Waals surface area contributed by atoms with Gasteiger partial charge >= 0.3 is 0 Å². The van der Waals surface area contributed by atoms with Gasteiger partial charge in [-0.15, -0.1) is 0 Å². The van der Waals surface area contributed by atoms with E-state index in [2.05, 4.69) is 15.3 Å². The van der Waals surface area contributed by atoms with Crippen LogP contribution < -0.4 is 5.32 Å². The SMILES string of the molecule is Cc1nc2cccnc2n1-c1cccc(C(=O)NCc2ccccc2Cl)c1. The van der Waals surface area contributed by atoms with Crippen molar-refractivity contribution in [3.05, 3.63) is 88.8 Å². The normalized spacial score (nSPS) is 10.9. The van der Waals surface area contributed by atoms with Crippen molar-refractivity contribution in [3.63, 3.8) is 0 Å². The van der Waals surface area contributed by atoms with Gasteiger partial charge in [0.05, 0.1) is 0 Å². The van der Waals surface area contributed by atoms with Crippen LogP contribution in [-0.4, -0.2) is 20.4 Å². The molecule has 27 heavy (non-hydrogen) atoms. The molecule has 2 aromatic heterocycles. The van der Waals surface area contributed by atoms with Gasteiger partial charge in [-0.3, -0.25) is 9.36 Å². The summed E-state index contributed by atoms with van der Waals surface area (Å²) < 4.78 is 1.94. The summed E-state index contributed by atoms with van der Waals surface area (Å²) in [5.41, 5.74) is 3.88. The predicted molar refractivity (Wildman–Crippen MR) is 106 cm³/mol. The quantitative estimate of drug-likeness (QED) is 0.577. The maximum Gasteiger partial charge on any atom is 0.251 e. The van der Waals surface area contributed by atoms with Gasteiger partial charge in [0.1, 0.15) is 11.3 Å². The number of pyridine rings is 1. The average Bonchev–Trinajstić information content (AvgIpc) is 3.03. The Kier molecular flexibility index (Phi) is 4.60. The van der Waals surface area contributed by atoms with Crippen molar-refractivity contribution >= 4 is 28.7 Å². The summed E-state index contributed by atoms with van der Waals surface area (Å²) in [4.78, 5) is 21.6. The summed E-state index contributed by atoms with van der Waals surface area (Å²) >= 11 is 6.15. The molecule has 0 aliphatic carbocycles. The Hall–Kier alpha value is -3.18. The molecular weight excluding hydrogens is 360 g/mol. The van der Waals surface area contributed by atoms with E-state index < -0.39 is 0 Å². The first-order valence-electron chi connectivity index (χ1n) is 8.55. The second kappa shape index (κ2) is 7.21. The third-order valence-corrected chi connectivity index (χ3v) is 4.72. The van der Waals surface area contributed by atoms with Gasteiger partial charge in [0, 0.05) is 29.0 Å². The Balaban J connectivity index is 1.61. The van der Waals surface area contributed by atoms with E-state index in [0.29, 0.717) is 17.1 Å². The van der Waals surface area contributed by atoms with Crippen LogP contribution in [0.25, 0.3) is 16.9 Å². The molecule has 2 heterocycles. The number of aromatic nitrogens is 3. The number of imidazole rings is 1. The van der Waals surface area contributed by atoms with E-state index in [9.17, 15) is 4.79 Å². The number of hydrogen-bond donors (Lipinski definition) is 1. The van der Waals surface area contributed by atoms with Crippen LogP contribution in [0.5, 0.6) is 0 Å². The number of nitrogens with one attached hydrogen (secondary N) is 1. The number of hydrogen-bond acceptors (Lipinski definition) is 3. The van der Waals surface area contributed by atoms with Crippen LogP contribution in [-0.2, 0) is 6.54 Å². The zero-order chi connectivity index (χ0) is 18.8. The van der Waals surface area contributed by atoms with Gasteiger partial charge in [-0.05, 0) is 48.9 Å². The molecule has 2 aromatic carbocycles. The molecule has 4 rings (SSSR count). The molecule has 1 amide bonds. The predicted octanol–water partition coefficient (Wildman–Crippen LogP) is 4.31. The summed E-state index contributed by atoms with van der Waals surface area (Å²) in [6.07, 6.45) is 1.74. The molecule has 0 aliphatic heterocycles. The van der Waals surface area contributed by atoms with Crippen LogP contribution in [0.15, 0.2) is 66.9 Å². The van der Waals surface area contributed by atoms with Crippen LogP contribution in [0, 0.1) is 6.92 Å². The first kappa shape index (κ1) is 17.2. The molecule has 0 bridgehead atoms. The monoisotopic (exact) mass is 376 g/mol. The first-order chi connectivity index (χ1) is 13.1. The number of carbonyl (C=O) groups excluding carboxylic acids is 1. The third-order valence-electron chi connectivity index (χ3n) is 4.35.